The molecule has 31 heavy (non-hydrogen) atoms. The van der Waals surface area contributed by atoms with Crippen molar-refractivity contribution in [2.75, 3.05) is 31.1 Å². The second-order valence-corrected chi connectivity index (χ2v) is 8.35. The number of rotatable bonds is 5. The Balaban J connectivity index is 1.26. The predicted molar refractivity (Wildman–Crippen MR) is 115 cm³/mol. The number of halogens is 2. The first kappa shape index (κ1) is 20.1. The Morgan fingerprint density at radius 2 is 1.90 bits per heavy atom. The van der Waals surface area contributed by atoms with E-state index in [1.54, 1.807) is 6.07 Å². The Bertz CT molecular complexity index is 1130. The van der Waals surface area contributed by atoms with Crippen LogP contribution in [0.3, 0.4) is 0 Å². The molecule has 0 unspecified atom stereocenters. The standard InChI is InChI=1S/C22H26F2N6O/c23-21(24)14-29-15-25-19-11-17(4-5-18(19)22(29)31)28-9-7-27(8-10-28)13-16-12-26-30-6-2-1-3-20(16)30/h4-5,11-12,15,21H,1-3,6-10,13-14H2. The minimum atomic E-state index is -2.58. The third-order valence-electron chi connectivity index (χ3n) is 6.34. The monoisotopic (exact) mass is 428 g/mol. The Labute approximate surface area is 178 Å². The summed E-state index contributed by atoms with van der Waals surface area (Å²) in [5.74, 6) is 0. The van der Waals surface area contributed by atoms with E-state index in [1.165, 1.54) is 30.4 Å². The van der Waals surface area contributed by atoms with Gasteiger partial charge in [-0.25, -0.2) is 13.8 Å². The Kier molecular flexibility index (Phi) is 5.43. The fourth-order valence-electron chi connectivity index (χ4n) is 4.65. The second-order valence-electron chi connectivity index (χ2n) is 8.35. The molecule has 0 bridgehead atoms. The number of aromatic nitrogens is 4. The third-order valence-corrected chi connectivity index (χ3v) is 6.34. The molecule has 0 radical (unpaired) electrons. The number of hydrogen-bond donors (Lipinski definition) is 0. The first-order valence-electron chi connectivity index (χ1n) is 10.9. The van der Waals surface area contributed by atoms with Crippen LogP contribution in [0.4, 0.5) is 14.5 Å². The van der Waals surface area contributed by atoms with E-state index in [4.69, 9.17) is 0 Å². The van der Waals surface area contributed by atoms with Crippen molar-refractivity contribution < 1.29 is 8.78 Å². The number of aryl methyl sites for hydroxylation is 1. The fourth-order valence-corrected chi connectivity index (χ4v) is 4.65. The van der Waals surface area contributed by atoms with Crippen LogP contribution < -0.4 is 10.5 Å². The summed E-state index contributed by atoms with van der Waals surface area (Å²) >= 11 is 0. The van der Waals surface area contributed by atoms with Gasteiger partial charge < -0.3 is 4.90 Å². The zero-order valence-electron chi connectivity index (χ0n) is 17.4. The van der Waals surface area contributed by atoms with Crippen molar-refractivity contribution in [3.63, 3.8) is 0 Å². The number of fused-ring (bicyclic) bond motifs is 2. The molecule has 9 heteroatoms. The number of piperazine rings is 1. The molecule has 1 fully saturated rings. The average molecular weight is 428 g/mol. The molecule has 2 aliphatic rings. The molecule has 1 aromatic carbocycles. The number of hydrogen-bond acceptors (Lipinski definition) is 5. The van der Waals surface area contributed by atoms with Crippen molar-refractivity contribution >= 4 is 16.6 Å². The lowest BCUT2D eigenvalue weighted by atomic mass is 10.1. The van der Waals surface area contributed by atoms with Gasteiger partial charge in [-0.05, 0) is 37.5 Å². The molecule has 7 nitrogen and oxygen atoms in total. The van der Waals surface area contributed by atoms with Crippen LogP contribution in [-0.2, 0) is 26.1 Å². The maximum absolute atomic E-state index is 12.6. The molecule has 0 atom stereocenters. The summed E-state index contributed by atoms with van der Waals surface area (Å²) in [6.45, 7) is 5.01. The molecular formula is C22H26F2N6O. The molecule has 164 valence electrons. The van der Waals surface area contributed by atoms with Gasteiger partial charge in [-0.1, -0.05) is 0 Å². The van der Waals surface area contributed by atoms with Gasteiger partial charge in [0.05, 0.1) is 30.0 Å². The molecule has 5 rings (SSSR count). The highest BCUT2D eigenvalue weighted by atomic mass is 19.3. The van der Waals surface area contributed by atoms with E-state index in [0.29, 0.717) is 10.9 Å². The summed E-state index contributed by atoms with van der Waals surface area (Å²) in [5, 5.41) is 4.92. The highest BCUT2D eigenvalue weighted by Gasteiger charge is 2.21. The zero-order valence-corrected chi connectivity index (χ0v) is 17.4. The maximum Gasteiger partial charge on any atom is 0.261 e. The summed E-state index contributed by atoms with van der Waals surface area (Å²) in [4.78, 5) is 21.4. The van der Waals surface area contributed by atoms with Crippen molar-refractivity contribution in [3.8, 4) is 0 Å². The largest absolute Gasteiger partial charge is 0.369 e. The Hall–Kier alpha value is -2.81. The molecule has 4 heterocycles. The van der Waals surface area contributed by atoms with E-state index in [1.807, 2.05) is 18.3 Å². The molecule has 3 aromatic rings. The van der Waals surface area contributed by atoms with Gasteiger partial charge in [-0.3, -0.25) is 18.9 Å². The van der Waals surface area contributed by atoms with Crippen molar-refractivity contribution in [1.29, 1.82) is 0 Å². The topological polar surface area (TPSA) is 59.2 Å². The molecule has 0 saturated carbocycles. The van der Waals surface area contributed by atoms with Crippen molar-refractivity contribution in [2.45, 2.75) is 45.3 Å². The summed E-state index contributed by atoms with van der Waals surface area (Å²) in [6, 6.07) is 5.47. The smallest absolute Gasteiger partial charge is 0.261 e. The fraction of sp³-hybridized carbons (Fsp3) is 0.500. The van der Waals surface area contributed by atoms with E-state index in [0.717, 1.165) is 55.9 Å². The lowest BCUT2D eigenvalue weighted by Crippen LogP contribution is -2.46. The van der Waals surface area contributed by atoms with E-state index in [2.05, 4.69) is 24.6 Å². The van der Waals surface area contributed by atoms with Crippen LogP contribution in [0.5, 0.6) is 0 Å². The SMILES string of the molecule is O=c1c2ccc(N3CCN(Cc4cnn5c4CCCC5)CC3)cc2ncn1CC(F)F. The lowest BCUT2D eigenvalue weighted by molar-refractivity contribution is 0.125. The molecule has 2 aliphatic heterocycles. The minimum absolute atomic E-state index is 0.372. The van der Waals surface area contributed by atoms with Crippen LogP contribution in [0.15, 0.2) is 35.5 Å². The summed E-state index contributed by atoms with van der Waals surface area (Å²) in [5.41, 5.74) is 3.87. The first-order valence-corrected chi connectivity index (χ1v) is 10.9. The number of nitrogens with zero attached hydrogens (tertiary/aromatic N) is 6. The summed E-state index contributed by atoms with van der Waals surface area (Å²) in [6.07, 6.45) is 4.25. The van der Waals surface area contributed by atoms with Crippen molar-refractivity contribution in [3.05, 3.63) is 52.3 Å². The van der Waals surface area contributed by atoms with E-state index in [9.17, 15) is 13.6 Å². The van der Waals surface area contributed by atoms with Crippen molar-refractivity contribution in [2.24, 2.45) is 0 Å². The van der Waals surface area contributed by atoms with Crippen LogP contribution in [0.25, 0.3) is 10.9 Å². The van der Waals surface area contributed by atoms with Gasteiger partial charge in [-0.2, -0.15) is 5.10 Å². The first-order chi connectivity index (χ1) is 15.1. The molecule has 0 spiro atoms. The van der Waals surface area contributed by atoms with Crippen LogP contribution in [-0.4, -0.2) is 56.8 Å². The van der Waals surface area contributed by atoms with E-state index < -0.39 is 18.5 Å². The van der Waals surface area contributed by atoms with Gasteiger partial charge in [0.2, 0.25) is 0 Å². The van der Waals surface area contributed by atoms with Crippen LogP contribution in [0, 0.1) is 0 Å². The van der Waals surface area contributed by atoms with Gasteiger partial charge in [0.1, 0.15) is 0 Å². The minimum Gasteiger partial charge on any atom is -0.369 e. The third kappa shape index (κ3) is 4.06. The second kappa shape index (κ2) is 8.37. The van der Waals surface area contributed by atoms with Crippen LogP contribution in [0.2, 0.25) is 0 Å². The highest BCUT2D eigenvalue weighted by Crippen LogP contribution is 2.23. The van der Waals surface area contributed by atoms with Gasteiger partial charge >= 0.3 is 0 Å². The molecule has 0 amide bonds. The van der Waals surface area contributed by atoms with Crippen LogP contribution >= 0.6 is 0 Å². The number of anilines is 1. The molecule has 1 saturated heterocycles. The zero-order chi connectivity index (χ0) is 21.4. The van der Waals surface area contributed by atoms with Gasteiger partial charge in [0.15, 0.2) is 0 Å². The Morgan fingerprint density at radius 3 is 2.71 bits per heavy atom. The quantitative estimate of drug-likeness (QED) is 0.625. The average Bonchev–Trinajstić information content (AvgIpc) is 3.19. The number of alkyl halides is 2. The molecule has 0 N–H and O–H groups in total. The summed E-state index contributed by atoms with van der Waals surface area (Å²) < 4.78 is 28.4. The molecule has 0 aliphatic carbocycles. The van der Waals surface area contributed by atoms with Gasteiger partial charge in [0, 0.05) is 56.2 Å². The number of benzene rings is 1. The van der Waals surface area contributed by atoms with Gasteiger partial charge in [-0.15, -0.1) is 0 Å². The highest BCUT2D eigenvalue weighted by molar-refractivity contribution is 5.81. The van der Waals surface area contributed by atoms with Gasteiger partial charge in [0.25, 0.3) is 12.0 Å². The lowest BCUT2D eigenvalue weighted by Gasteiger charge is -2.36. The van der Waals surface area contributed by atoms with E-state index >= 15 is 0 Å². The van der Waals surface area contributed by atoms with Crippen LogP contribution in [0.1, 0.15) is 24.1 Å². The molecule has 2 aromatic heterocycles. The summed E-state index contributed by atoms with van der Waals surface area (Å²) in [7, 11) is 0. The Morgan fingerprint density at radius 1 is 1.06 bits per heavy atom. The maximum atomic E-state index is 12.6. The normalized spacial score (nSPS) is 17.5. The molecular weight excluding hydrogens is 402 g/mol. The predicted octanol–water partition coefficient (Wildman–Crippen LogP) is 2.52. The van der Waals surface area contributed by atoms with Crippen molar-refractivity contribution in [1.82, 2.24) is 24.2 Å². The van der Waals surface area contributed by atoms with E-state index in [-0.39, 0.29) is 0 Å².